The first kappa shape index (κ1) is 15.4. The monoisotopic (exact) mass is 257 g/mol. The first-order valence-electron chi connectivity index (χ1n) is 6.85. The second kappa shape index (κ2) is 6.02. The third-order valence-electron chi connectivity index (χ3n) is 3.67. The number of nitrogens with one attached hydrogen (secondary N) is 1. The Kier molecular flexibility index (Phi) is 5.17. The predicted molar refractivity (Wildman–Crippen MR) is 71.2 cm³/mol. The van der Waals surface area contributed by atoms with Crippen molar-refractivity contribution in [2.75, 3.05) is 6.54 Å². The number of hydrogen-bond donors (Lipinski definition) is 2. The van der Waals surface area contributed by atoms with Crippen molar-refractivity contribution in [3.05, 3.63) is 0 Å². The lowest BCUT2D eigenvalue weighted by atomic mass is 9.80. The summed E-state index contributed by atoms with van der Waals surface area (Å²) in [4.78, 5) is 11.9. The van der Waals surface area contributed by atoms with Crippen LogP contribution >= 0.6 is 0 Å². The summed E-state index contributed by atoms with van der Waals surface area (Å²) < 4.78 is 5.52. The molecule has 1 saturated heterocycles. The molecule has 1 amide bonds. The molecule has 0 radical (unpaired) electrons. The Morgan fingerprint density at radius 3 is 2.50 bits per heavy atom. The van der Waals surface area contributed by atoms with Crippen molar-refractivity contribution in [2.45, 2.75) is 65.8 Å². The maximum absolute atomic E-state index is 11.9. The SMILES string of the molecule is CC1CCC(C(=O)NCC(C)(C)C(O)C(C)C)O1. The fraction of sp³-hybridized carbons (Fsp3) is 0.929. The zero-order chi connectivity index (χ0) is 13.9. The van der Waals surface area contributed by atoms with Gasteiger partial charge in [-0.25, -0.2) is 0 Å². The van der Waals surface area contributed by atoms with Gasteiger partial charge in [0.2, 0.25) is 5.91 Å². The highest BCUT2D eigenvalue weighted by molar-refractivity contribution is 5.81. The van der Waals surface area contributed by atoms with E-state index in [1.807, 2.05) is 34.6 Å². The lowest BCUT2D eigenvalue weighted by Gasteiger charge is -2.33. The quantitative estimate of drug-likeness (QED) is 0.788. The van der Waals surface area contributed by atoms with Gasteiger partial charge in [0, 0.05) is 12.0 Å². The van der Waals surface area contributed by atoms with E-state index in [1.54, 1.807) is 0 Å². The minimum Gasteiger partial charge on any atom is -0.392 e. The Bertz CT molecular complexity index is 289. The lowest BCUT2D eigenvalue weighted by molar-refractivity contribution is -0.132. The van der Waals surface area contributed by atoms with Crippen molar-refractivity contribution in [3.63, 3.8) is 0 Å². The number of amides is 1. The number of ether oxygens (including phenoxy) is 1. The molecule has 0 aliphatic carbocycles. The van der Waals surface area contributed by atoms with Crippen molar-refractivity contribution in [1.29, 1.82) is 0 Å². The molecular weight excluding hydrogens is 230 g/mol. The lowest BCUT2D eigenvalue weighted by Crippen LogP contribution is -2.46. The van der Waals surface area contributed by atoms with Crippen molar-refractivity contribution in [3.8, 4) is 0 Å². The average molecular weight is 257 g/mol. The molecule has 1 heterocycles. The van der Waals surface area contributed by atoms with Crippen LogP contribution in [0.1, 0.15) is 47.5 Å². The third kappa shape index (κ3) is 3.95. The summed E-state index contributed by atoms with van der Waals surface area (Å²) in [5.41, 5.74) is -0.325. The van der Waals surface area contributed by atoms with E-state index in [4.69, 9.17) is 4.74 Å². The molecule has 0 aromatic heterocycles. The van der Waals surface area contributed by atoms with E-state index >= 15 is 0 Å². The average Bonchev–Trinajstić information content (AvgIpc) is 2.71. The molecule has 1 aliphatic rings. The van der Waals surface area contributed by atoms with Crippen LogP contribution in [0.25, 0.3) is 0 Å². The zero-order valence-corrected chi connectivity index (χ0v) is 12.2. The summed E-state index contributed by atoms with van der Waals surface area (Å²) in [5, 5.41) is 13.0. The number of carbonyl (C=O) groups is 1. The zero-order valence-electron chi connectivity index (χ0n) is 12.2. The highest BCUT2D eigenvalue weighted by Gasteiger charge is 2.33. The number of carbonyl (C=O) groups excluding carboxylic acids is 1. The largest absolute Gasteiger partial charge is 0.392 e. The van der Waals surface area contributed by atoms with E-state index in [9.17, 15) is 9.90 Å². The van der Waals surface area contributed by atoms with Gasteiger partial charge in [0.1, 0.15) is 6.10 Å². The van der Waals surface area contributed by atoms with Crippen LogP contribution in [0.2, 0.25) is 0 Å². The van der Waals surface area contributed by atoms with E-state index in [2.05, 4.69) is 5.32 Å². The molecule has 3 unspecified atom stereocenters. The highest BCUT2D eigenvalue weighted by Crippen LogP contribution is 2.25. The molecule has 18 heavy (non-hydrogen) atoms. The second-order valence-electron chi connectivity index (χ2n) is 6.41. The van der Waals surface area contributed by atoms with Crippen molar-refractivity contribution in [2.24, 2.45) is 11.3 Å². The van der Waals surface area contributed by atoms with Crippen LogP contribution in [-0.4, -0.2) is 35.9 Å². The first-order chi connectivity index (χ1) is 8.24. The molecule has 0 bridgehead atoms. The fourth-order valence-corrected chi connectivity index (χ4v) is 2.43. The molecule has 1 rings (SSSR count). The topological polar surface area (TPSA) is 58.6 Å². The molecule has 0 aromatic rings. The molecule has 106 valence electrons. The molecule has 0 spiro atoms. The Labute approximate surface area is 110 Å². The number of hydrogen-bond acceptors (Lipinski definition) is 3. The van der Waals surface area contributed by atoms with E-state index < -0.39 is 6.10 Å². The van der Waals surface area contributed by atoms with E-state index in [-0.39, 0.29) is 29.4 Å². The van der Waals surface area contributed by atoms with Gasteiger partial charge in [-0.05, 0) is 25.7 Å². The Morgan fingerprint density at radius 1 is 1.44 bits per heavy atom. The summed E-state index contributed by atoms with van der Waals surface area (Å²) in [6, 6.07) is 0. The normalized spacial score (nSPS) is 26.4. The van der Waals surface area contributed by atoms with Gasteiger partial charge in [-0.15, -0.1) is 0 Å². The van der Waals surface area contributed by atoms with Gasteiger partial charge in [0.15, 0.2) is 0 Å². The van der Waals surface area contributed by atoms with Gasteiger partial charge in [-0.1, -0.05) is 27.7 Å². The maximum Gasteiger partial charge on any atom is 0.249 e. The Morgan fingerprint density at radius 2 is 2.06 bits per heavy atom. The molecule has 3 atom stereocenters. The molecule has 1 aliphatic heterocycles. The van der Waals surface area contributed by atoms with E-state index in [1.165, 1.54) is 0 Å². The predicted octanol–water partition coefficient (Wildman–Crippen LogP) is 1.71. The van der Waals surface area contributed by atoms with Gasteiger partial charge < -0.3 is 15.2 Å². The Hall–Kier alpha value is -0.610. The summed E-state index contributed by atoms with van der Waals surface area (Å²) in [7, 11) is 0. The third-order valence-corrected chi connectivity index (χ3v) is 3.67. The van der Waals surface area contributed by atoms with E-state index in [0.717, 1.165) is 12.8 Å². The fourth-order valence-electron chi connectivity index (χ4n) is 2.43. The van der Waals surface area contributed by atoms with Crippen molar-refractivity contribution >= 4 is 5.91 Å². The minimum atomic E-state index is -0.429. The van der Waals surface area contributed by atoms with Crippen molar-refractivity contribution < 1.29 is 14.6 Å². The molecule has 0 saturated carbocycles. The molecule has 4 heteroatoms. The van der Waals surface area contributed by atoms with Crippen LogP contribution in [0.3, 0.4) is 0 Å². The molecule has 1 fully saturated rings. The van der Waals surface area contributed by atoms with Gasteiger partial charge in [-0.3, -0.25) is 4.79 Å². The number of aliphatic hydroxyl groups is 1. The van der Waals surface area contributed by atoms with Crippen molar-refractivity contribution in [1.82, 2.24) is 5.32 Å². The van der Waals surface area contributed by atoms with Gasteiger partial charge >= 0.3 is 0 Å². The van der Waals surface area contributed by atoms with Gasteiger partial charge in [0.25, 0.3) is 0 Å². The summed E-state index contributed by atoms with van der Waals surface area (Å²) in [6.45, 7) is 10.4. The highest BCUT2D eigenvalue weighted by atomic mass is 16.5. The Balaban J connectivity index is 2.42. The van der Waals surface area contributed by atoms with Gasteiger partial charge in [-0.2, -0.15) is 0 Å². The van der Waals surface area contributed by atoms with Crippen LogP contribution < -0.4 is 5.32 Å². The second-order valence-corrected chi connectivity index (χ2v) is 6.41. The summed E-state index contributed by atoms with van der Waals surface area (Å²) >= 11 is 0. The van der Waals surface area contributed by atoms with Crippen LogP contribution in [0, 0.1) is 11.3 Å². The molecule has 0 aromatic carbocycles. The number of rotatable bonds is 5. The molecule has 2 N–H and O–H groups in total. The molecule has 4 nitrogen and oxygen atoms in total. The van der Waals surface area contributed by atoms with Crippen LogP contribution in [0.15, 0.2) is 0 Å². The first-order valence-corrected chi connectivity index (χ1v) is 6.85. The van der Waals surface area contributed by atoms with Crippen LogP contribution in [-0.2, 0) is 9.53 Å². The van der Waals surface area contributed by atoms with Crippen LogP contribution in [0.4, 0.5) is 0 Å². The maximum atomic E-state index is 11.9. The summed E-state index contributed by atoms with van der Waals surface area (Å²) in [5.74, 6) is 0.128. The van der Waals surface area contributed by atoms with Gasteiger partial charge in [0.05, 0.1) is 12.2 Å². The molecular formula is C14H27NO3. The standard InChI is InChI=1S/C14H27NO3/c1-9(2)12(16)14(4,5)8-15-13(17)11-7-6-10(3)18-11/h9-12,16H,6-8H2,1-5H3,(H,15,17). The minimum absolute atomic E-state index is 0.0524. The van der Waals surface area contributed by atoms with E-state index in [0.29, 0.717) is 6.54 Å². The number of aliphatic hydroxyl groups excluding tert-OH is 1. The summed E-state index contributed by atoms with van der Waals surface area (Å²) in [6.07, 6.45) is 1.17. The van der Waals surface area contributed by atoms with Crippen LogP contribution in [0.5, 0.6) is 0 Å². The smallest absolute Gasteiger partial charge is 0.249 e.